The van der Waals surface area contributed by atoms with Crippen LogP contribution in [-0.2, 0) is 6.54 Å². The topological polar surface area (TPSA) is 92.7 Å². The number of benzene rings is 1. The molecule has 21 heavy (non-hydrogen) atoms. The van der Waals surface area contributed by atoms with Crippen molar-refractivity contribution in [2.24, 2.45) is 0 Å². The highest BCUT2D eigenvalue weighted by atomic mass is 16.2. The lowest BCUT2D eigenvalue weighted by Gasteiger charge is -2.07. The molecule has 1 aromatic carbocycles. The van der Waals surface area contributed by atoms with Crippen LogP contribution < -0.4 is 10.9 Å². The number of nitrogens with one attached hydrogen (secondary N) is 2. The SMILES string of the molecule is O=C(NCCn1ccnc1)c1n[nH]c(=O)c2ccccc12. The van der Waals surface area contributed by atoms with E-state index in [1.807, 2.05) is 10.8 Å². The van der Waals surface area contributed by atoms with Crippen LogP contribution in [-0.4, -0.2) is 32.2 Å². The van der Waals surface area contributed by atoms with Crippen LogP contribution in [0.15, 0.2) is 47.8 Å². The Morgan fingerprint density at radius 2 is 2.10 bits per heavy atom. The molecular formula is C14H13N5O2. The van der Waals surface area contributed by atoms with Gasteiger partial charge in [0.15, 0.2) is 5.69 Å². The number of carbonyl (C=O) groups is 1. The Kier molecular flexibility index (Phi) is 3.46. The highest BCUT2D eigenvalue weighted by Gasteiger charge is 2.13. The Bertz CT molecular complexity index is 823. The second-order valence-corrected chi connectivity index (χ2v) is 4.50. The summed E-state index contributed by atoms with van der Waals surface area (Å²) in [6.07, 6.45) is 5.18. The summed E-state index contributed by atoms with van der Waals surface area (Å²) in [5, 5.41) is 9.97. The monoisotopic (exact) mass is 283 g/mol. The molecule has 7 nitrogen and oxygen atoms in total. The Morgan fingerprint density at radius 3 is 2.86 bits per heavy atom. The maximum absolute atomic E-state index is 12.2. The van der Waals surface area contributed by atoms with Crippen LogP contribution in [0.1, 0.15) is 10.5 Å². The summed E-state index contributed by atoms with van der Waals surface area (Å²) < 4.78 is 1.86. The minimum Gasteiger partial charge on any atom is -0.349 e. The number of imidazole rings is 1. The third-order valence-corrected chi connectivity index (χ3v) is 3.13. The minimum absolute atomic E-state index is 0.218. The van der Waals surface area contributed by atoms with Gasteiger partial charge in [0.25, 0.3) is 11.5 Å². The van der Waals surface area contributed by atoms with Gasteiger partial charge in [-0.2, -0.15) is 5.10 Å². The van der Waals surface area contributed by atoms with Gasteiger partial charge in [0.1, 0.15) is 0 Å². The number of hydrogen-bond donors (Lipinski definition) is 2. The van der Waals surface area contributed by atoms with Crippen molar-refractivity contribution in [1.29, 1.82) is 0 Å². The third kappa shape index (κ3) is 2.66. The smallest absolute Gasteiger partial charge is 0.272 e. The van der Waals surface area contributed by atoms with E-state index in [1.54, 1.807) is 36.8 Å². The number of aromatic nitrogens is 4. The predicted octanol–water partition coefficient (Wildman–Crippen LogP) is 0.550. The van der Waals surface area contributed by atoms with E-state index in [-0.39, 0.29) is 17.2 Å². The van der Waals surface area contributed by atoms with Gasteiger partial charge in [0.2, 0.25) is 0 Å². The van der Waals surface area contributed by atoms with Crippen LogP contribution >= 0.6 is 0 Å². The molecule has 0 bridgehead atoms. The molecule has 1 amide bonds. The Morgan fingerprint density at radius 1 is 1.29 bits per heavy atom. The van der Waals surface area contributed by atoms with E-state index >= 15 is 0 Å². The summed E-state index contributed by atoms with van der Waals surface area (Å²) in [7, 11) is 0. The fraction of sp³-hybridized carbons (Fsp3) is 0.143. The lowest BCUT2D eigenvalue weighted by molar-refractivity contribution is 0.0948. The number of hydrogen-bond acceptors (Lipinski definition) is 4. The molecule has 0 aliphatic carbocycles. The van der Waals surface area contributed by atoms with Gasteiger partial charge in [-0.15, -0.1) is 0 Å². The van der Waals surface area contributed by atoms with Gasteiger partial charge in [-0.25, -0.2) is 10.1 Å². The fourth-order valence-corrected chi connectivity index (χ4v) is 2.09. The zero-order valence-electron chi connectivity index (χ0n) is 11.1. The number of amides is 1. The first kappa shape index (κ1) is 13.0. The van der Waals surface area contributed by atoms with E-state index < -0.39 is 0 Å². The largest absolute Gasteiger partial charge is 0.349 e. The summed E-state index contributed by atoms with van der Waals surface area (Å²) in [5.41, 5.74) is -0.0867. The number of H-pyrrole nitrogens is 1. The molecule has 0 radical (unpaired) electrons. The number of aromatic amines is 1. The van der Waals surface area contributed by atoms with Crippen molar-refractivity contribution < 1.29 is 4.79 Å². The van der Waals surface area contributed by atoms with Crippen LogP contribution in [0, 0.1) is 0 Å². The van der Waals surface area contributed by atoms with Gasteiger partial charge < -0.3 is 9.88 Å². The lowest BCUT2D eigenvalue weighted by Crippen LogP contribution is -2.29. The highest BCUT2D eigenvalue weighted by molar-refractivity contribution is 6.04. The third-order valence-electron chi connectivity index (χ3n) is 3.13. The van der Waals surface area contributed by atoms with Gasteiger partial charge in [-0.05, 0) is 6.07 Å². The average molecular weight is 283 g/mol. The van der Waals surface area contributed by atoms with Crippen molar-refractivity contribution >= 4 is 16.7 Å². The van der Waals surface area contributed by atoms with Crippen molar-refractivity contribution in [3.8, 4) is 0 Å². The first-order valence-corrected chi connectivity index (χ1v) is 6.47. The molecule has 0 atom stereocenters. The summed E-state index contributed by atoms with van der Waals surface area (Å²) in [6.45, 7) is 1.07. The van der Waals surface area contributed by atoms with E-state index in [9.17, 15) is 9.59 Å². The molecule has 0 fully saturated rings. The number of rotatable bonds is 4. The molecule has 3 rings (SSSR count). The second kappa shape index (κ2) is 5.58. The number of carbonyl (C=O) groups excluding carboxylic acids is 1. The summed E-state index contributed by atoms with van der Waals surface area (Å²) in [4.78, 5) is 27.8. The Hall–Kier alpha value is -2.96. The van der Waals surface area contributed by atoms with Gasteiger partial charge >= 0.3 is 0 Å². The first-order chi connectivity index (χ1) is 10.3. The van der Waals surface area contributed by atoms with Crippen LogP contribution in [0.4, 0.5) is 0 Å². The highest BCUT2D eigenvalue weighted by Crippen LogP contribution is 2.11. The van der Waals surface area contributed by atoms with Crippen LogP contribution in [0.2, 0.25) is 0 Å². The van der Waals surface area contributed by atoms with Crippen LogP contribution in [0.5, 0.6) is 0 Å². The zero-order valence-corrected chi connectivity index (χ0v) is 11.1. The number of fused-ring (bicyclic) bond motifs is 1. The average Bonchev–Trinajstić information content (AvgIpc) is 3.01. The van der Waals surface area contributed by atoms with E-state index in [4.69, 9.17) is 0 Å². The quantitative estimate of drug-likeness (QED) is 0.731. The normalized spacial score (nSPS) is 10.7. The molecule has 0 spiro atoms. The summed E-state index contributed by atoms with van der Waals surface area (Å²) in [6, 6.07) is 6.89. The predicted molar refractivity (Wildman–Crippen MR) is 76.9 cm³/mol. The zero-order chi connectivity index (χ0) is 14.7. The van der Waals surface area contributed by atoms with E-state index in [0.29, 0.717) is 23.9 Å². The van der Waals surface area contributed by atoms with E-state index in [2.05, 4.69) is 20.5 Å². The molecule has 0 saturated carbocycles. The Balaban J connectivity index is 1.78. The fourth-order valence-electron chi connectivity index (χ4n) is 2.09. The van der Waals surface area contributed by atoms with Crippen molar-refractivity contribution in [2.45, 2.75) is 6.54 Å². The van der Waals surface area contributed by atoms with Crippen molar-refractivity contribution in [3.05, 3.63) is 59.0 Å². The first-order valence-electron chi connectivity index (χ1n) is 6.47. The molecule has 0 unspecified atom stereocenters. The molecule has 106 valence electrons. The summed E-state index contributed by atoms with van der Waals surface area (Å²) >= 11 is 0. The van der Waals surface area contributed by atoms with Crippen LogP contribution in [0.3, 0.4) is 0 Å². The lowest BCUT2D eigenvalue weighted by atomic mass is 10.1. The van der Waals surface area contributed by atoms with Crippen molar-refractivity contribution in [3.63, 3.8) is 0 Å². The van der Waals surface area contributed by atoms with Gasteiger partial charge in [0, 0.05) is 30.9 Å². The van der Waals surface area contributed by atoms with Gasteiger partial charge in [-0.1, -0.05) is 18.2 Å². The molecular weight excluding hydrogens is 270 g/mol. The van der Waals surface area contributed by atoms with Crippen LogP contribution in [0.25, 0.3) is 10.8 Å². The maximum Gasteiger partial charge on any atom is 0.272 e. The molecule has 7 heteroatoms. The maximum atomic E-state index is 12.2. The minimum atomic E-state index is -0.317. The molecule has 0 saturated heterocycles. The molecule has 2 heterocycles. The number of nitrogens with zero attached hydrogens (tertiary/aromatic N) is 3. The molecule has 0 aliphatic rings. The van der Waals surface area contributed by atoms with Gasteiger partial charge in [0.05, 0.1) is 11.7 Å². The van der Waals surface area contributed by atoms with E-state index in [1.165, 1.54) is 0 Å². The van der Waals surface area contributed by atoms with Crippen molar-refractivity contribution in [2.75, 3.05) is 6.54 Å². The molecule has 2 aromatic heterocycles. The Labute approximate surface area is 119 Å². The molecule has 0 aliphatic heterocycles. The van der Waals surface area contributed by atoms with Gasteiger partial charge in [-0.3, -0.25) is 9.59 Å². The standard InChI is InChI=1S/C14H13N5O2/c20-13-11-4-2-1-3-10(11)12(17-18-13)14(21)16-6-8-19-7-5-15-9-19/h1-5,7,9H,6,8H2,(H,16,21)(H,18,20). The van der Waals surface area contributed by atoms with Crippen molar-refractivity contribution in [1.82, 2.24) is 25.1 Å². The molecule has 3 aromatic rings. The van der Waals surface area contributed by atoms with E-state index in [0.717, 1.165) is 0 Å². The second-order valence-electron chi connectivity index (χ2n) is 4.50. The summed E-state index contributed by atoms with van der Waals surface area (Å²) in [5.74, 6) is -0.317. The molecule has 2 N–H and O–H groups in total.